The summed E-state index contributed by atoms with van der Waals surface area (Å²) in [4.78, 5) is 27.4. The first kappa shape index (κ1) is 13.7. The molecule has 0 fully saturated rings. The molecule has 0 aromatic heterocycles. The van der Waals surface area contributed by atoms with Crippen LogP contribution in [-0.4, -0.2) is 53.1 Å². The topological polar surface area (TPSA) is 60.9 Å². The number of benzene rings is 1. The van der Waals surface area contributed by atoms with E-state index in [-0.39, 0.29) is 31.1 Å². The van der Waals surface area contributed by atoms with Crippen molar-refractivity contribution in [2.75, 3.05) is 20.3 Å². The van der Waals surface area contributed by atoms with Crippen molar-refractivity contribution in [3.63, 3.8) is 0 Å². The average Bonchev–Trinajstić information content (AvgIpc) is 2.66. The Morgan fingerprint density at radius 2 is 1.74 bits per heavy atom. The van der Waals surface area contributed by atoms with Crippen LogP contribution in [0.5, 0.6) is 0 Å². The highest BCUT2D eigenvalue weighted by molar-refractivity contribution is 6.21. The van der Waals surface area contributed by atoms with Crippen LogP contribution in [0, 0.1) is 0 Å². The predicted molar refractivity (Wildman–Crippen MR) is 70.7 cm³/mol. The standard InChI is InChI=1S/C14H18N2O3/c1-3-10(8-17)15(2)9-16-13(18)11-6-4-5-7-12(11)14(16)19/h4-7,10,17H,3,8-9H2,1-2H3. The first-order valence-corrected chi connectivity index (χ1v) is 6.36. The second-order valence-corrected chi connectivity index (χ2v) is 4.73. The Morgan fingerprint density at radius 1 is 1.21 bits per heavy atom. The normalized spacial score (nSPS) is 16.1. The fraction of sp³-hybridized carbons (Fsp3) is 0.429. The number of aliphatic hydroxyl groups excluding tert-OH is 1. The Balaban J connectivity index is 2.16. The minimum atomic E-state index is -0.264. The van der Waals surface area contributed by atoms with Crippen molar-refractivity contribution < 1.29 is 14.7 Å². The number of carbonyl (C=O) groups is 2. The lowest BCUT2D eigenvalue weighted by Crippen LogP contribution is -2.45. The second kappa shape index (κ2) is 5.50. The summed E-state index contributed by atoms with van der Waals surface area (Å²) < 4.78 is 0. The molecule has 5 nitrogen and oxygen atoms in total. The quantitative estimate of drug-likeness (QED) is 0.802. The molecule has 0 saturated carbocycles. The predicted octanol–water partition coefficient (Wildman–Crippen LogP) is 0.943. The van der Waals surface area contributed by atoms with Crippen molar-refractivity contribution in [1.82, 2.24) is 9.80 Å². The van der Waals surface area contributed by atoms with E-state index in [1.54, 1.807) is 31.3 Å². The molecule has 19 heavy (non-hydrogen) atoms. The summed E-state index contributed by atoms with van der Waals surface area (Å²) in [5.41, 5.74) is 0.913. The van der Waals surface area contributed by atoms with Crippen molar-refractivity contribution in [2.24, 2.45) is 0 Å². The summed E-state index contributed by atoms with van der Waals surface area (Å²) >= 11 is 0. The number of carbonyl (C=O) groups excluding carboxylic acids is 2. The number of rotatable bonds is 5. The highest BCUT2D eigenvalue weighted by Crippen LogP contribution is 2.22. The maximum atomic E-state index is 12.2. The smallest absolute Gasteiger partial charge is 0.262 e. The summed E-state index contributed by atoms with van der Waals surface area (Å²) in [5, 5.41) is 9.25. The molecule has 0 radical (unpaired) electrons. The Kier molecular flexibility index (Phi) is 3.97. The van der Waals surface area contributed by atoms with Gasteiger partial charge in [-0.05, 0) is 25.6 Å². The van der Waals surface area contributed by atoms with Crippen LogP contribution in [0.25, 0.3) is 0 Å². The molecule has 1 unspecified atom stereocenters. The minimum absolute atomic E-state index is 0.0101. The van der Waals surface area contributed by atoms with Gasteiger partial charge >= 0.3 is 0 Å². The first-order chi connectivity index (χ1) is 9.10. The highest BCUT2D eigenvalue weighted by atomic mass is 16.3. The van der Waals surface area contributed by atoms with Crippen molar-refractivity contribution in [1.29, 1.82) is 0 Å². The maximum absolute atomic E-state index is 12.2. The van der Waals surface area contributed by atoms with Gasteiger partial charge < -0.3 is 5.11 Å². The molecular weight excluding hydrogens is 244 g/mol. The molecule has 0 saturated heterocycles. The van der Waals surface area contributed by atoms with E-state index in [9.17, 15) is 14.7 Å². The second-order valence-electron chi connectivity index (χ2n) is 4.73. The number of imide groups is 1. The Bertz CT molecular complexity index is 462. The number of hydrogen-bond acceptors (Lipinski definition) is 4. The number of fused-ring (bicyclic) bond motifs is 1. The minimum Gasteiger partial charge on any atom is -0.395 e. The first-order valence-electron chi connectivity index (χ1n) is 6.36. The summed E-state index contributed by atoms with van der Waals surface area (Å²) in [6.45, 7) is 2.17. The number of hydrogen-bond donors (Lipinski definition) is 1. The average molecular weight is 262 g/mol. The van der Waals surface area contributed by atoms with Crippen molar-refractivity contribution in [3.8, 4) is 0 Å². The maximum Gasteiger partial charge on any atom is 0.262 e. The van der Waals surface area contributed by atoms with E-state index in [1.807, 2.05) is 11.8 Å². The number of amides is 2. The molecule has 1 heterocycles. The van der Waals surface area contributed by atoms with Gasteiger partial charge in [-0.2, -0.15) is 0 Å². The number of nitrogens with zero attached hydrogens (tertiary/aromatic N) is 2. The Labute approximate surface area is 112 Å². The third-order valence-electron chi connectivity index (χ3n) is 3.55. The zero-order chi connectivity index (χ0) is 14.0. The highest BCUT2D eigenvalue weighted by Gasteiger charge is 2.36. The molecule has 2 amide bonds. The van der Waals surface area contributed by atoms with Crippen molar-refractivity contribution >= 4 is 11.8 Å². The SMILES string of the molecule is CCC(CO)N(C)CN1C(=O)c2ccccc2C1=O. The van der Waals surface area contributed by atoms with Crippen LogP contribution in [0.3, 0.4) is 0 Å². The fourth-order valence-electron chi connectivity index (χ4n) is 2.29. The van der Waals surface area contributed by atoms with Crippen LogP contribution in [0.2, 0.25) is 0 Å². The molecule has 1 aromatic rings. The van der Waals surface area contributed by atoms with E-state index in [4.69, 9.17) is 0 Å². The van der Waals surface area contributed by atoms with Gasteiger partial charge in [0.05, 0.1) is 24.4 Å². The van der Waals surface area contributed by atoms with Crippen LogP contribution in [0.1, 0.15) is 34.1 Å². The Morgan fingerprint density at radius 3 is 2.16 bits per heavy atom. The molecule has 102 valence electrons. The zero-order valence-corrected chi connectivity index (χ0v) is 11.2. The fourth-order valence-corrected chi connectivity index (χ4v) is 2.29. The van der Waals surface area contributed by atoms with Gasteiger partial charge in [0.15, 0.2) is 0 Å². The third-order valence-corrected chi connectivity index (χ3v) is 3.55. The van der Waals surface area contributed by atoms with E-state index in [0.29, 0.717) is 11.1 Å². The molecule has 5 heteroatoms. The van der Waals surface area contributed by atoms with Gasteiger partial charge in [0.2, 0.25) is 0 Å². The number of aliphatic hydroxyl groups is 1. The lowest BCUT2D eigenvalue weighted by molar-refractivity contribution is 0.0468. The van der Waals surface area contributed by atoms with E-state index in [1.165, 1.54) is 4.90 Å². The van der Waals surface area contributed by atoms with Gasteiger partial charge in [0.1, 0.15) is 0 Å². The molecule has 1 N–H and O–H groups in total. The molecule has 1 atom stereocenters. The van der Waals surface area contributed by atoms with E-state index >= 15 is 0 Å². The van der Waals surface area contributed by atoms with E-state index in [2.05, 4.69) is 0 Å². The summed E-state index contributed by atoms with van der Waals surface area (Å²) in [6.07, 6.45) is 0.760. The largest absolute Gasteiger partial charge is 0.395 e. The summed E-state index contributed by atoms with van der Waals surface area (Å²) in [7, 11) is 1.80. The van der Waals surface area contributed by atoms with Crippen LogP contribution in [-0.2, 0) is 0 Å². The van der Waals surface area contributed by atoms with Crippen LogP contribution >= 0.6 is 0 Å². The molecular formula is C14H18N2O3. The molecule has 1 aliphatic heterocycles. The number of likely N-dealkylation sites (N-methyl/N-ethyl adjacent to an activating group) is 1. The lowest BCUT2D eigenvalue weighted by Gasteiger charge is -2.28. The van der Waals surface area contributed by atoms with Crippen LogP contribution < -0.4 is 0 Å². The van der Waals surface area contributed by atoms with Gasteiger partial charge in [-0.25, -0.2) is 0 Å². The van der Waals surface area contributed by atoms with Crippen LogP contribution in [0.15, 0.2) is 24.3 Å². The van der Waals surface area contributed by atoms with E-state index in [0.717, 1.165) is 6.42 Å². The third kappa shape index (κ3) is 2.39. The molecule has 1 aliphatic rings. The summed E-state index contributed by atoms with van der Waals surface area (Å²) in [6, 6.07) is 6.78. The van der Waals surface area contributed by atoms with Gasteiger partial charge in [0.25, 0.3) is 11.8 Å². The van der Waals surface area contributed by atoms with Gasteiger partial charge in [-0.3, -0.25) is 19.4 Å². The molecule has 1 aromatic carbocycles. The van der Waals surface area contributed by atoms with E-state index < -0.39 is 0 Å². The monoisotopic (exact) mass is 262 g/mol. The lowest BCUT2D eigenvalue weighted by atomic mass is 10.1. The van der Waals surface area contributed by atoms with Gasteiger partial charge in [-0.15, -0.1) is 0 Å². The molecule has 0 spiro atoms. The Hall–Kier alpha value is -1.72. The van der Waals surface area contributed by atoms with Crippen LogP contribution in [0.4, 0.5) is 0 Å². The molecule has 2 rings (SSSR count). The zero-order valence-electron chi connectivity index (χ0n) is 11.2. The van der Waals surface area contributed by atoms with Crippen molar-refractivity contribution in [2.45, 2.75) is 19.4 Å². The summed E-state index contributed by atoms with van der Waals surface area (Å²) in [5.74, 6) is -0.527. The van der Waals surface area contributed by atoms with Crippen molar-refractivity contribution in [3.05, 3.63) is 35.4 Å². The van der Waals surface area contributed by atoms with Gasteiger partial charge in [0, 0.05) is 6.04 Å². The van der Waals surface area contributed by atoms with Gasteiger partial charge in [-0.1, -0.05) is 19.1 Å². The molecule has 0 aliphatic carbocycles. The molecule has 0 bridgehead atoms.